The van der Waals surface area contributed by atoms with E-state index in [9.17, 15) is 4.79 Å². The molecule has 4 fully saturated rings. The van der Waals surface area contributed by atoms with Gasteiger partial charge in [-0.25, -0.2) is 4.39 Å². The van der Waals surface area contributed by atoms with Crippen LogP contribution in [0.2, 0.25) is 0 Å². The minimum absolute atomic E-state index is 0.356. The summed E-state index contributed by atoms with van der Waals surface area (Å²) in [6, 6.07) is 0. The van der Waals surface area contributed by atoms with Crippen LogP contribution in [0.1, 0.15) is 123 Å². The van der Waals surface area contributed by atoms with Gasteiger partial charge in [0.2, 0.25) is 0 Å². The third kappa shape index (κ3) is 3.84. The van der Waals surface area contributed by atoms with Crippen LogP contribution < -0.4 is 0 Å². The summed E-state index contributed by atoms with van der Waals surface area (Å²) >= 11 is 0. The predicted molar refractivity (Wildman–Crippen MR) is 119 cm³/mol. The van der Waals surface area contributed by atoms with Crippen molar-refractivity contribution < 1.29 is 9.18 Å². The molecule has 0 heterocycles. The Bertz CT molecular complexity index is 545. The summed E-state index contributed by atoms with van der Waals surface area (Å²) in [6.45, 7) is 4.53. The molecule has 0 saturated heterocycles. The highest BCUT2D eigenvalue weighted by molar-refractivity contribution is 5.98. The van der Waals surface area contributed by atoms with Gasteiger partial charge in [-0.1, -0.05) is 58.8 Å². The molecule has 0 aliphatic heterocycles. The van der Waals surface area contributed by atoms with Crippen LogP contribution in [0.3, 0.4) is 0 Å². The molecule has 0 N–H and O–H groups in total. The number of rotatable bonds is 6. The topological polar surface area (TPSA) is 17.1 Å². The molecule has 4 saturated carbocycles. The standard InChI is InChI=1S/C27H45FO/c1-3-5-7-21-8-10-22(11-9-21)23-14-18-27(19-15-23)24(28)26(25(27)29)16-12-20(6-4-2)13-17-26/h20-24H,3-19H2,1-2H3/t20?,21?,22?,23?,24-,26?,27?/m1/s1. The third-order valence-electron chi connectivity index (χ3n) is 10.0. The quantitative estimate of drug-likeness (QED) is 0.437. The fourth-order valence-corrected chi connectivity index (χ4v) is 8.10. The number of halogens is 1. The number of carbonyl (C=O) groups excluding carboxylic acids is 1. The molecule has 2 heteroatoms. The summed E-state index contributed by atoms with van der Waals surface area (Å²) in [6.07, 6.45) is 19.2. The first-order valence-corrected chi connectivity index (χ1v) is 13.2. The minimum atomic E-state index is -0.837. The Kier molecular flexibility index (Phi) is 6.77. The summed E-state index contributed by atoms with van der Waals surface area (Å²) in [5.41, 5.74) is -1.12. The molecule has 1 atom stereocenters. The summed E-state index contributed by atoms with van der Waals surface area (Å²) in [7, 11) is 0. The van der Waals surface area contributed by atoms with Gasteiger partial charge in [0.15, 0.2) is 5.78 Å². The number of Topliss-reactive ketones (excluding diaryl/α,β-unsaturated/α-hetero) is 1. The fourth-order valence-electron chi connectivity index (χ4n) is 8.10. The second-order valence-electron chi connectivity index (χ2n) is 11.5. The van der Waals surface area contributed by atoms with Crippen LogP contribution in [0.4, 0.5) is 4.39 Å². The molecule has 29 heavy (non-hydrogen) atoms. The van der Waals surface area contributed by atoms with Crippen molar-refractivity contribution in [2.45, 2.75) is 129 Å². The lowest BCUT2D eigenvalue weighted by Gasteiger charge is -2.61. The first-order chi connectivity index (χ1) is 14.1. The Labute approximate surface area is 179 Å². The Morgan fingerprint density at radius 3 is 1.76 bits per heavy atom. The normalized spacial score (nSPS) is 45.5. The largest absolute Gasteiger partial charge is 0.298 e. The van der Waals surface area contributed by atoms with E-state index in [1.54, 1.807) is 0 Å². The van der Waals surface area contributed by atoms with Gasteiger partial charge >= 0.3 is 0 Å². The number of unbranched alkanes of at least 4 members (excludes halogenated alkanes) is 1. The van der Waals surface area contributed by atoms with Gasteiger partial charge in [-0.2, -0.15) is 0 Å². The zero-order chi connectivity index (χ0) is 20.5. The van der Waals surface area contributed by atoms with Crippen LogP contribution in [0.15, 0.2) is 0 Å². The fraction of sp³-hybridized carbons (Fsp3) is 0.963. The zero-order valence-electron chi connectivity index (χ0n) is 19.2. The summed E-state index contributed by atoms with van der Waals surface area (Å²) < 4.78 is 15.7. The molecule has 0 aromatic carbocycles. The van der Waals surface area contributed by atoms with Crippen LogP contribution in [0.5, 0.6) is 0 Å². The van der Waals surface area contributed by atoms with Gasteiger partial charge in [-0.15, -0.1) is 0 Å². The van der Waals surface area contributed by atoms with Gasteiger partial charge < -0.3 is 0 Å². The van der Waals surface area contributed by atoms with Crippen LogP contribution in [-0.2, 0) is 4.79 Å². The lowest BCUT2D eigenvalue weighted by molar-refractivity contribution is -0.194. The molecule has 0 unspecified atom stereocenters. The van der Waals surface area contributed by atoms with E-state index in [-0.39, 0.29) is 0 Å². The smallest absolute Gasteiger partial charge is 0.151 e. The lowest BCUT2D eigenvalue weighted by atomic mass is 9.41. The van der Waals surface area contributed by atoms with Gasteiger partial charge in [-0.05, 0) is 87.9 Å². The van der Waals surface area contributed by atoms with E-state index in [2.05, 4.69) is 13.8 Å². The number of ketones is 1. The molecule has 166 valence electrons. The first kappa shape index (κ1) is 21.8. The van der Waals surface area contributed by atoms with Gasteiger partial charge in [-0.3, -0.25) is 4.79 Å². The summed E-state index contributed by atoms with van der Waals surface area (Å²) in [4.78, 5) is 13.4. The maximum absolute atomic E-state index is 15.7. The van der Waals surface area contributed by atoms with E-state index in [4.69, 9.17) is 0 Å². The van der Waals surface area contributed by atoms with E-state index in [1.165, 1.54) is 57.8 Å². The van der Waals surface area contributed by atoms with Crippen molar-refractivity contribution in [1.82, 2.24) is 0 Å². The second-order valence-corrected chi connectivity index (χ2v) is 11.5. The van der Waals surface area contributed by atoms with Gasteiger partial charge in [0, 0.05) is 0 Å². The van der Waals surface area contributed by atoms with Crippen molar-refractivity contribution in [1.29, 1.82) is 0 Å². The monoisotopic (exact) mass is 404 g/mol. The minimum Gasteiger partial charge on any atom is -0.298 e. The molecule has 4 aliphatic carbocycles. The average molecular weight is 405 g/mol. The number of carbonyl (C=O) groups is 1. The molecule has 2 spiro atoms. The zero-order valence-corrected chi connectivity index (χ0v) is 19.2. The lowest BCUT2D eigenvalue weighted by Crippen LogP contribution is -2.69. The predicted octanol–water partition coefficient (Wildman–Crippen LogP) is 8.06. The van der Waals surface area contributed by atoms with E-state index < -0.39 is 17.0 Å². The van der Waals surface area contributed by atoms with Gasteiger partial charge in [0.05, 0.1) is 10.8 Å². The molecule has 0 amide bonds. The van der Waals surface area contributed by atoms with E-state index in [0.29, 0.717) is 5.78 Å². The van der Waals surface area contributed by atoms with Crippen LogP contribution in [0, 0.1) is 34.5 Å². The molecule has 4 rings (SSSR count). The van der Waals surface area contributed by atoms with E-state index in [0.717, 1.165) is 75.0 Å². The average Bonchev–Trinajstić information content (AvgIpc) is 2.78. The Balaban J connectivity index is 1.27. The Hall–Kier alpha value is -0.400. The number of hydrogen-bond donors (Lipinski definition) is 0. The van der Waals surface area contributed by atoms with E-state index in [1.807, 2.05) is 0 Å². The summed E-state index contributed by atoms with van der Waals surface area (Å²) in [5.74, 6) is 3.69. The molecular formula is C27H45FO. The molecule has 0 bridgehead atoms. The molecular weight excluding hydrogens is 359 g/mol. The van der Waals surface area contributed by atoms with Gasteiger partial charge in [0.25, 0.3) is 0 Å². The van der Waals surface area contributed by atoms with Crippen molar-refractivity contribution in [3.05, 3.63) is 0 Å². The van der Waals surface area contributed by atoms with Gasteiger partial charge in [0.1, 0.15) is 6.17 Å². The molecule has 0 radical (unpaired) electrons. The van der Waals surface area contributed by atoms with Crippen molar-refractivity contribution >= 4 is 5.78 Å². The summed E-state index contributed by atoms with van der Waals surface area (Å²) in [5, 5.41) is 0. The molecule has 0 aromatic rings. The third-order valence-corrected chi connectivity index (χ3v) is 10.0. The second kappa shape index (κ2) is 8.99. The highest BCUT2D eigenvalue weighted by Gasteiger charge is 2.71. The molecule has 0 aromatic heterocycles. The maximum Gasteiger partial charge on any atom is 0.151 e. The molecule has 4 aliphatic rings. The SMILES string of the molecule is CCCCC1CCC(C2CCC3(CC2)C(=O)C2(CCC(CCC)CC2)[C@H]3F)CC1. The molecule has 1 nitrogen and oxygen atoms in total. The van der Waals surface area contributed by atoms with E-state index >= 15 is 4.39 Å². The number of alkyl halides is 1. The van der Waals surface area contributed by atoms with Crippen LogP contribution in [0.25, 0.3) is 0 Å². The van der Waals surface area contributed by atoms with Crippen molar-refractivity contribution in [2.24, 2.45) is 34.5 Å². The highest BCUT2D eigenvalue weighted by Crippen LogP contribution is 2.66. The Morgan fingerprint density at radius 1 is 0.724 bits per heavy atom. The van der Waals surface area contributed by atoms with Crippen molar-refractivity contribution in [3.63, 3.8) is 0 Å². The van der Waals surface area contributed by atoms with Crippen LogP contribution >= 0.6 is 0 Å². The number of hydrogen-bond acceptors (Lipinski definition) is 1. The van der Waals surface area contributed by atoms with Crippen LogP contribution in [-0.4, -0.2) is 12.0 Å². The maximum atomic E-state index is 15.7. The highest BCUT2D eigenvalue weighted by atomic mass is 19.1. The first-order valence-electron chi connectivity index (χ1n) is 13.2. The van der Waals surface area contributed by atoms with Crippen molar-refractivity contribution in [2.75, 3.05) is 0 Å². The van der Waals surface area contributed by atoms with Crippen molar-refractivity contribution in [3.8, 4) is 0 Å². The Morgan fingerprint density at radius 2 is 1.24 bits per heavy atom.